The lowest BCUT2D eigenvalue weighted by Crippen LogP contribution is -2.16. The minimum absolute atomic E-state index is 0.0894. The summed E-state index contributed by atoms with van der Waals surface area (Å²) in [5.74, 6) is 0.0894. The number of rotatable bonds is 4. The molecule has 0 bridgehead atoms. The molecule has 1 aromatic carbocycles. The zero-order valence-corrected chi connectivity index (χ0v) is 8.03. The molecule has 72 valence electrons. The lowest BCUT2D eigenvalue weighted by Gasteiger charge is -2.12. The minimum atomic E-state index is 0.0894. The fourth-order valence-electron chi connectivity index (χ4n) is 1.38. The second kappa shape index (κ2) is 5.00. The van der Waals surface area contributed by atoms with Crippen molar-refractivity contribution in [3.05, 3.63) is 35.4 Å². The van der Waals surface area contributed by atoms with E-state index in [4.69, 9.17) is 10.8 Å². The molecular formula is C11H17NO. The molecule has 1 rings (SSSR count). The third-order valence-electron chi connectivity index (χ3n) is 2.34. The molecule has 2 heteroatoms. The van der Waals surface area contributed by atoms with Crippen molar-refractivity contribution in [3.8, 4) is 0 Å². The Hall–Kier alpha value is -0.860. The summed E-state index contributed by atoms with van der Waals surface area (Å²) in [6.45, 7) is 2.75. The highest BCUT2D eigenvalue weighted by molar-refractivity contribution is 5.26. The van der Waals surface area contributed by atoms with Crippen LogP contribution >= 0.6 is 0 Å². The van der Waals surface area contributed by atoms with Gasteiger partial charge in [0.2, 0.25) is 0 Å². The van der Waals surface area contributed by atoms with Crippen LogP contribution < -0.4 is 5.73 Å². The van der Waals surface area contributed by atoms with Crippen molar-refractivity contribution in [1.29, 1.82) is 0 Å². The fraction of sp³-hybridized carbons (Fsp3) is 0.455. The maximum atomic E-state index is 9.06. The number of aryl methyl sites for hydroxylation is 1. The molecular weight excluding hydrogens is 162 g/mol. The molecule has 0 fully saturated rings. The summed E-state index contributed by atoms with van der Waals surface area (Å²) < 4.78 is 0. The van der Waals surface area contributed by atoms with Crippen molar-refractivity contribution in [2.45, 2.75) is 19.3 Å². The third-order valence-corrected chi connectivity index (χ3v) is 2.34. The van der Waals surface area contributed by atoms with Crippen molar-refractivity contribution in [3.63, 3.8) is 0 Å². The van der Waals surface area contributed by atoms with Gasteiger partial charge in [0.15, 0.2) is 0 Å². The smallest absolute Gasteiger partial charge is 0.0511 e. The average molecular weight is 179 g/mol. The molecule has 0 radical (unpaired) electrons. The first-order valence-electron chi connectivity index (χ1n) is 4.71. The van der Waals surface area contributed by atoms with Crippen LogP contribution in [0.15, 0.2) is 24.3 Å². The second-order valence-corrected chi connectivity index (χ2v) is 3.21. The van der Waals surface area contributed by atoms with Crippen LogP contribution in [-0.2, 0) is 6.42 Å². The Balaban J connectivity index is 2.86. The molecule has 0 heterocycles. The highest BCUT2D eigenvalue weighted by Crippen LogP contribution is 2.15. The van der Waals surface area contributed by atoms with E-state index in [2.05, 4.69) is 19.1 Å². The van der Waals surface area contributed by atoms with Gasteiger partial charge in [-0.15, -0.1) is 0 Å². The largest absolute Gasteiger partial charge is 0.396 e. The third kappa shape index (κ3) is 2.54. The van der Waals surface area contributed by atoms with Gasteiger partial charge in [0.25, 0.3) is 0 Å². The van der Waals surface area contributed by atoms with E-state index in [1.54, 1.807) is 0 Å². The van der Waals surface area contributed by atoms with Crippen molar-refractivity contribution in [1.82, 2.24) is 0 Å². The molecule has 0 spiro atoms. The average Bonchev–Trinajstić information content (AvgIpc) is 2.20. The topological polar surface area (TPSA) is 46.2 Å². The second-order valence-electron chi connectivity index (χ2n) is 3.21. The highest BCUT2D eigenvalue weighted by atomic mass is 16.3. The quantitative estimate of drug-likeness (QED) is 0.731. The van der Waals surface area contributed by atoms with E-state index in [1.807, 2.05) is 12.1 Å². The number of hydrogen-bond donors (Lipinski definition) is 2. The zero-order chi connectivity index (χ0) is 9.68. The Kier molecular flexibility index (Phi) is 3.93. The number of hydrogen-bond acceptors (Lipinski definition) is 2. The minimum Gasteiger partial charge on any atom is -0.396 e. The van der Waals surface area contributed by atoms with Crippen LogP contribution in [0.1, 0.15) is 24.0 Å². The van der Waals surface area contributed by atoms with Gasteiger partial charge < -0.3 is 10.8 Å². The normalized spacial score (nSPS) is 12.8. The number of benzene rings is 1. The summed E-state index contributed by atoms with van der Waals surface area (Å²) in [4.78, 5) is 0. The molecule has 1 atom stereocenters. The lowest BCUT2D eigenvalue weighted by molar-refractivity contribution is 0.268. The number of aliphatic hydroxyl groups excluding tert-OH is 1. The molecule has 0 aromatic heterocycles. The maximum Gasteiger partial charge on any atom is 0.0511 e. The fourth-order valence-corrected chi connectivity index (χ4v) is 1.38. The van der Waals surface area contributed by atoms with Crippen LogP contribution in [0.5, 0.6) is 0 Å². The first kappa shape index (κ1) is 10.2. The molecule has 1 unspecified atom stereocenters. The van der Waals surface area contributed by atoms with E-state index in [0.717, 1.165) is 12.0 Å². The predicted molar refractivity (Wildman–Crippen MR) is 54.7 cm³/mol. The number of aliphatic hydroxyl groups is 1. The van der Waals surface area contributed by atoms with E-state index in [9.17, 15) is 0 Å². The van der Waals surface area contributed by atoms with Gasteiger partial charge in [0.05, 0.1) is 6.61 Å². The van der Waals surface area contributed by atoms with Crippen molar-refractivity contribution >= 4 is 0 Å². The zero-order valence-electron chi connectivity index (χ0n) is 8.03. The molecule has 0 saturated heterocycles. The van der Waals surface area contributed by atoms with E-state index in [-0.39, 0.29) is 12.5 Å². The van der Waals surface area contributed by atoms with E-state index in [0.29, 0.717) is 6.54 Å². The van der Waals surface area contributed by atoms with E-state index >= 15 is 0 Å². The van der Waals surface area contributed by atoms with Crippen LogP contribution in [0.25, 0.3) is 0 Å². The standard InChI is InChI=1S/C11H17NO/c1-2-9-4-3-5-10(6-9)11(7-12)8-13/h3-6,11,13H,2,7-8,12H2,1H3. The molecule has 0 amide bonds. The van der Waals surface area contributed by atoms with Gasteiger partial charge in [0.1, 0.15) is 0 Å². The van der Waals surface area contributed by atoms with Crippen LogP contribution in [-0.4, -0.2) is 18.3 Å². The van der Waals surface area contributed by atoms with Gasteiger partial charge >= 0.3 is 0 Å². The molecule has 13 heavy (non-hydrogen) atoms. The maximum absolute atomic E-state index is 9.06. The summed E-state index contributed by atoms with van der Waals surface area (Å²) in [5, 5.41) is 9.06. The van der Waals surface area contributed by atoms with Gasteiger partial charge in [0, 0.05) is 12.5 Å². The van der Waals surface area contributed by atoms with Crippen molar-refractivity contribution < 1.29 is 5.11 Å². The van der Waals surface area contributed by atoms with Gasteiger partial charge in [-0.1, -0.05) is 31.2 Å². The van der Waals surface area contributed by atoms with Crippen LogP contribution in [0, 0.1) is 0 Å². The highest BCUT2D eigenvalue weighted by Gasteiger charge is 2.07. The predicted octanol–water partition coefficient (Wildman–Crippen LogP) is 1.28. The molecule has 3 N–H and O–H groups in total. The molecule has 1 aromatic rings. The summed E-state index contributed by atoms with van der Waals surface area (Å²) in [7, 11) is 0. The SMILES string of the molecule is CCc1cccc(C(CN)CO)c1. The Morgan fingerprint density at radius 3 is 2.77 bits per heavy atom. The summed E-state index contributed by atoms with van der Waals surface area (Å²) in [6.07, 6.45) is 1.02. The Bertz CT molecular complexity index is 256. The number of nitrogens with two attached hydrogens (primary N) is 1. The van der Waals surface area contributed by atoms with Crippen molar-refractivity contribution in [2.75, 3.05) is 13.2 Å². The van der Waals surface area contributed by atoms with Crippen LogP contribution in [0.4, 0.5) is 0 Å². The van der Waals surface area contributed by atoms with Gasteiger partial charge in [-0.3, -0.25) is 0 Å². The first-order valence-corrected chi connectivity index (χ1v) is 4.71. The van der Waals surface area contributed by atoms with Gasteiger partial charge in [-0.05, 0) is 17.5 Å². The van der Waals surface area contributed by atoms with Crippen molar-refractivity contribution in [2.24, 2.45) is 5.73 Å². The summed E-state index contributed by atoms with van der Waals surface area (Å²) >= 11 is 0. The monoisotopic (exact) mass is 179 g/mol. The Morgan fingerprint density at radius 2 is 2.23 bits per heavy atom. The van der Waals surface area contributed by atoms with Gasteiger partial charge in [-0.2, -0.15) is 0 Å². The Labute approximate surface area is 79.4 Å². The molecule has 0 aliphatic rings. The van der Waals surface area contributed by atoms with E-state index in [1.165, 1.54) is 5.56 Å². The summed E-state index contributed by atoms with van der Waals surface area (Å²) in [5.41, 5.74) is 7.99. The first-order chi connectivity index (χ1) is 6.31. The summed E-state index contributed by atoms with van der Waals surface area (Å²) in [6, 6.07) is 8.25. The molecule has 0 aliphatic carbocycles. The molecule has 0 aliphatic heterocycles. The van der Waals surface area contributed by atoms with Crippen LogP contribution in [0.2, 0.25) is 0 Å². The lowest BCUT2D eigenvalue weighted by atomic mass is 9.97. The Morgan fingerprint density at radius 1 is 1.46 bits per heavy atom. The van der Waals surface area contributed by atoms with Gasteiger partial charge in [-0.25, -0.2) is 0 Å². The van der Waals surface area contributed by atoms with Crippen LogP contribution in [0.3, 0.4) is 0 Å². The van der Waals surface area contributed by atoms with E-state index < -0.39 is 0 Å². The molecule has 2 nitrogen and oxygen atoms in total. The molecule has 0 saturated carbocycles.